The molecule has 0 aromatic heterocycles. The van der Waals surface area contributed by atoms with Gasteiger partial charge in [0, 0.05) is 6.54 Å². The Balaban J connectivity index is 1.76. The van der Waals surface area contributed by atoms with E-state index in [1.807, 2.05) is 61.5 Å². The SMILES string of the molecule is Cc1ccc(N(CCCc2ccccc2)C(=O)Oc2ccccc2)c(N)c1. The molecular weight excluding hydrogens is 336 g/mol. The number of nitrogen functional groups attached to an aromatic ring is 1. The van der Waals surface area contributed by atoms with E-state index in [0.29, 0.717) is 23.7 Å². The molecule has 0 radical (unpaired) electrons. The van der Waals surface area contributed by atoms with Gasteiger partial charge in [-0.15, -0.1) is 0 Å². The van der Waals surface area contributed by atoms with Gasteiger partial charge in [0.25, 0.3) is 0 Å². The van der Waals surface area contributed by atoms with E-state index >= 15 is 0 Å². The predicted molar refractivity (Wildman–Crippen MR) is 110 cm³/mol. The molecule has 3 aromatic rings. The Labute approximate surface area is 160 Å². The number of anilines is 2. The van der Waals surface area contributed by atoms with Gasteiger partial charge in [0.15, 0.2) is 0 Å². The third-order valence-electron chi connectivity index (χ3n) is 4.33. The molecule has 0 saturated carbocycles. The number of hydrogen-bond acceptors (Lipinski definition) is 3. The first-order valence-electron chi connectivity index (χ1n) is 9.08. The highest BCUT2D eigenvalue weighted by Gasteiger charge is 2.20. The Morgan fingerprint density at radius 3 is 2.30 bits per heavy atom. The highest BCUT2D eigenvalue weighted by Crippen LogP contribution is 2.26. The van der Waals surface area contributed by atoms with Crippen molar-refractivity contribution in [1.82, 2.24) is 0 Å². The fourth-order valence-corrected chi connectivity index (χ4v) is 2.96. The van der Waals surface area contributed by atoms with E-state index in [9.17, 15) is 4.79 Å². The van der Waals surface area contributed by atoms with Crippen LogP contribution in [0.5, 0.6) is 5.75 Å². The van der Waals surface area contributed by atoms with Crippen LogP contribution < -0.4 is 15.4 Å². The number of aryl methyl sites for hydroxylation is 2. The van der Waals surface area contributed by atoms with Crippen LogP contribution in [0, 0.1) is 6.92 Å². The van der Waals surface area contributed by atoms with E-state index in [0.717, 1.165) is 18.4 Å². The summed E-state index contributed by atoms with van der Waals surface area (Å²) in [5, 5.41) is 0. The van der Waals surface area contributed by atoms with Gasteiger partial charge < -0.3 is 10.5 Å². The molecule has 3 rings (SSSR count). The second-order valence-corrected chi connectivity index (χ2v) is 6.48. The summed E-state index contributed by atoms with van der Waals surface area (Å²) in [6, 6.07) is 25.0. The average molecular weight is 360 g/mol. The lowest BCUT2D eigenvalue weighted by Gasteiger charge is -2.24. The molecule has 0 unspecified atom stereocenters. The van der Waals surface area contributed by atoms with Gasteiger partial charge in [0.05, 0.1) is 11.4 Å². The Bertz CT molecular complexity index is 879. The summed E-state index contributed by atoms with van der Waals surface area (Å²) >= 11 is 0. The van der Waals surface area contributed by atoms with Crippen LogP contribution in [-0.2, 0) is 6.42 Å². The summed E-state index contributed by atoms with van der Waals surface area (Å²) in [5.41, 5.74) is 9.73. The normalized spacial score (nSPS) is 10.4. The number of benzene rings is 3. The van der Waals surface area contributed by atoms with Crippen LogP contribution >= 0.6 is 0 Å². The fraction of sp³-hybridized carbons (Fsp3) is 0.174. The quantitative estimate of drug-likeness (QED) is 0.614. The Morgan fingerprint density at radius 2 is 1.63 bits per heavy atom. The summed E-state index contributed by atoms with van der Waals surface area (Å²) < 4.78 is 5.55. The molecule has 0 aliphatic heterocycles. The number of ether oxygens (including phenoxy) is 1. The molecule has 0 bridgehead atoms. The van der Waals surface area contributed by atoms with E-state index in [1.165, 1.54) is 5.56 Å². The molecule has 0 atom stereocenters. The van der Waals surface area contributed by atoms with Crippen molar-refractivity contribution in [2.24, 2.45) is 0 Å². The smallest absolute Gasteiger partial charge is 0.410 e. The number of carbonyl (C=O) groups excluding carboxylic acids is 1. The van der Waals surface area contributed by atoms with Crippen LogP contribution in [0.4, 0.5) is 16.2 Å². The van der Waals surface area contributed by atoms with Gasteiger partial charge in [0.1, 0.15) is 5.75 Å². The zero-order valence-corrected chi connectivity index (χ0v) is 15.5. The lowest BCUT2D eigenvalue weighted by Crippen LogP contribution is -2.35. The van der Waals surface area contributed by atoms with Crippen molar-refractivity contribution in [1.29, 1.82) is 0 Å². The molecular formula is C23H24N2O2. The minimum Gasteiger partial charge on any atom is -0.410 e. The minimum atomic E-state index is -0.426. The number of nitrogens with two attached hydrogens (primary N) is 1. The largest absolute Gasteiger partial charge is 0.419 e. The molecule has 1 amide bonds. The van der Waals surface area contributed by atoms with Gasteiger partial charge in [-0.2, -0.15) is 0 Å². The second kappa shape index (κ2) is 8.90. The summed E-state index contributed by atoms with van der Waals surface area (Å²) in [5.74, 6) is 0.515. The van der Waals surface area contributed by atoms with E-state index in [2.05, 4.69) is 12.1 Å². The predicted octanol–water partition coefficient (Wildman–Crippen LogP) is 5.22. The first-order chi connectivity index (χ1) is 13.1. The van der Waals surface area contributed by atoms with Crippen molar-refractivity contribution in [2.75, 3.05) is 17.2 Å². The third-order valence-corrected chi connectivity index (χ3v) is 4.33. The van der Waals surface area contributed by atoms with Gasteiger partial charge >= 0.3 is 6.09 Å². The van der Waals surface area contributed by atoms with Gasteiger partial charge in [0.2, 0.25) is 0 Å². The van der Waals surface area contributed by atoms with Gasteiger partial charge in [-0.1, -0.05) is 54.6 Å². The molecule has 2 N–H and O–H groups in total. The van der Waals surface area contributed by atoms with Crippen LogP contribution in [0.25, 0.3) is 0 Å². The topological polar surface area (TPSA) is 55.6 Å². The van der Waals surface area contributed by atoms with Crippen molar-refractivity contribution in [3.8, 4) is 5.75 Å². The van der Waals surface area contributed by atoms with E-state index in [4.69, 9.17) is 10.5 Å². The van der Waals surface area contributed by atoms with Crippen molar-refractivity contribution >= 4 is 17.5 Å². The first-order valence-corrected chi connectivity index (χ1v) is 9.08. The zero-order chi connectivity index (χ0) is 19.1. The van der Waals surface area contributed by atoms with Crippen LogP contribution in [-0.4, -0.2) is 12.6 Å². The summed E-state index contributed by atoms with van der Waals surface area (Å²) in [6.45, 7) is 2.50. The van der Waals surface area contributed by atoms with Crippen LogP contribution in [0.1, 0.15) is 17.5 Å². The molecule has 4 nitrogen and oxygen atoms in total. The third kappa shape index (κ3) is 5.11. The molecule has 0 saturated heterocycles. The summed E-state index contributed by atoms with van der Waals surface area (Å²) in [6.07, 6.45) is 1.26. The Morgan fingerprint density at radius 1 is 0.963 bits per heavy atom. The number of amides is 1. The van der Waals surface area contributed by atoms with E-state index in [-0.39, 0.29) is 0 Å². The Kier molecular flexibility index (Phi) is 6.10. The van der Waals surface area contributed by atoms with Gasteiger partial charge in [-0.3, -0.25) is 4.90 Å². The molecule has 3 aromatic carbocycles. The Hall–Kier alpha value is -3.27. The molecule has 138 valence electrons. The number of para-hydroxylation sites is 1. The van der Waals surface area contributed by atoms with Gasteiger partial charge in [-0.25, -0.2) is 4.79 Å². The maximum absolute atomic E-state index is 12.8. The minimum absolute atomic E-state index is 0.426. The number of hydrogen-bond donors (Lipinski definition) is 1. The molecule has 4 heteroatoms. The average Bonchev–Trinajstić information content (AvgIpc) is 2.67. The van der Waals surface area contributed by atoms with Crippen LogP contribution in [0.3, 0.4) is 0 Å². The lowest BCUT2D eigenvalue weighted by molar-refractivity contribution is 0.207. The zero-order valence-electron chi connectivity index (χ0n) is 15.5. The lowest BCUT2D eigenvalue weighted by atomic mass is 10.1. The highest BCUT2D eigenvalue weighted by molar-refractivity contribution is 5.92. The maximum Gasteiger partial charge on any atom is 0.419 e. The summed E-state index contributed by atoms with van der Waals surface area (Å²) in [7, 11) is 0. The van der Waals surface area contributed by atoms with E-state index < -0.39 is 6.09 Å². The van der Waals surface area contributed by atoms with Crippen LogP contribution in [0.15, 0.2) is 78.9 Å². The molecule has 0 aliphatic rings. The van der Waals surface area contributed by atoms with Gasteiger partial charge in [-0.05, 0) is 55.2 Å². The van der Waals surface area contributed by atoms with Crippen molar-refractivity contribution < 1.29 is 9.53 Å². The van der Waals surface area contributed by atoms with Crippen molar-refractivity contribution in [3.05, 3.63) is 90.0 Å². The highest BCUT2D eigenvalue weighted by atomic mass is 16.6. The van der Waals surface area contributed by atoms with Crippen molar-refractivity contribution in [3.63, 3.8) is 0 Å². The fourth-order valence-electron chi connectivity index (χ4n) is 2.96. The summed E-state index contributed by atoms with van der Waals surface area (Å²) in [4.78, 5) is 14.5. The maximum atomic E-state index is 12.8. The van der Waals surface area contributed by atoms with Crippen LogP contribution in [0.2, 0.25) is 0 Å². The molecule has 27 heavy (non-hydrogen) atoms. The number of carbonyl (C=O) groups is 1. The molecule has 0 fully saturated rings. The number of rotatable bonds is 6. The number of nitrogens with zero attached hydrogens (tertiary/aromatic N) is 1. The second-order valence-electron chi connectivity index (χ2n) is 6.48. The molecule has 0 spiro atoms. The first kappa shape index (κ1) is 18.5. The standard InChI is InChI=1S/C23H24N2O2/c1-18-14-15-22(21(24)17-18)25(16-8-11-19-9-4-2-5-10-19)23(26)27-20-12-6-3-7-13-20/h2-7,9-10,12-15,17H,8,11,16,24H2,1H3. The molecule has 0 aliphatic carbocycles. The molecule has 0 heterocycles. The van der Waals surface area contributed by atoms with Crippen molar-refractivity contribution in [2.45, 2.75) is 19.8 Å². The van der Waals surface area contributed by atoms with E-state index in [1.54, 1.807) is 17.0 Å². The monoisotopic (exact) mass is 360 g/mol.